The molecule has 29 heavy (non-hydrogen) atoms. The summed E-state index contributed by atoms with van der Waals surface area (Å²) >= 11 is 0. The summed E-state index contributed by atoms with van der Waals surface area (Å²) in [6, 6.07) is 5.39. The fraction of sp³-hybridized carbons (Fsp3) is 0.524. The molecule has 3 aliphatic heterocycles. The van der Waals surface area contributed by atoms with Crippen LogP contribution >= 0.6 is 0 Å². The second-order valence-electron chi connectivity index (χ2n) is 8.19. The number of aryl methyl sites for hydroxylation is 1. The first kappa shape index (κ1) is 19.7. The van der Waals surface area contributed by atoms with Crippen molar-refractivity contribution < 1.29 is 14.3 Å². The average molecular weight is 399 g/mol. The van der Waals surface area contributed by atoms with Crippen LogP contribution in [0.5, 0.6) is 5.75 Å². The van der Waals surface area contributed by atoms with Crippen LogP contribution < -0.4 is 15.0 Å². The van der Waals surface area contributed by atoms with Gasteiger partial charge in [-0.1, -0.05) is 19.1 Å². The Bertz CT molecular complexity index is 844. The Balaban J connectivity index is 1.73. The number of methoxy groups -OCH3 is 1. The minimum absolute atomic E-state index is 0.168. The summed E-state index contributed by atoms with van der Waals surface area (Å²) in [5.41, 5.74) is 2.13. The van der Waals surface area contributed by atoms with Gasteiger partial charge < -0.3 is 14.5 Å². The molecule has 3 fully saturated rings. The molecule has 1 aromatic carbocycles. The molecule has 4 unspecified atom stereocenters. The maximum absolute atomic E-state index is 13.2. The van der Waals surface area contributed by atoms with Crippen molar-refractivity contribution in [2.24, 2.45) is 5.92 Å². The molecule has 0 saturated carbocycles. The van der Waals surface area contributed by atoms with E-state index >= 15 is 0 Å². The van der Waals surface area contributed by atoms with Crippen molar-refractivity contribution in [3.05, 3.63) is 36.4 Å². The Kier molecular flexibility index (Phi) is 5.00. The topological polar surface area (TPSA) is 68.4 Å². The van der Waals surface area contributed by atoms with E-state index in [2.05, 4.69) is 41.6 Å². The highest BCUT2D eigenvalue weighted by Crippen LogP contribution is 2.38. The number of urea groups is 1. The van der Waals surface area contributed by atoms with Crippen molar-refractivity contribution >= 4 is 17.6 Å². The van der Waals surface area contributed by atoms with Gasteiger partial charge in [-0.15, -0.1) is 6.58 Å². The van der Waals surface area contributed by atoms with Crippen LogP contribution in [0.25, 0.3) is 0 Å². The number of likely N-dealkylation sites (N-methyl/N-ethyl adjacent to an activating group) is 1. The van der Waals surface area contributed by atoms with Crippen molar-refractivity contribution in [2.75, 3.05) is 38.7 Å². The van der Waals surface area contributed by atoms with Gasteiger partial charge in [0.05, 0.1) is 12.8 Å². The Morgan fingerprint density at radius 1 is 1.31 bits per heavy atom. The maximum Gasteiger partial charge on any atom is 0.328 e. The summed E-state index contributed by atoms with van der Waals surface area (Å²) in [6.45, 7) is 9.75. The number of carbonyl (C=O) groups is 2. The number of nitrogens with one attached hydrogen (secondary N) is 1. The van der Waals surface area contributed by atoms with E-state index in [4.69, 9.17) is 4.74 Å². The van der Waals surface area contributed by atoms with Crippen LogP contribution in [0.15, 0.2) is 30.9 Å². The van der Waals surface area contributed by atoms with Gasteiger partial charge in [0.25, 0.3) is 5.91 Å². The van der Waals surface area contributed by atoms with Gasteiger partial charge in [-0.25, -0.2) is 4.79 Å². The Labute approximate surface area is 171 Å². The lowest BCUT2D eigenvalue weighted by Crippen LogP contribution is -2.66. The molecule has 0 spiro atoms. The molecule has 8 nitrogen and oxygen atoms in total. The third-order valence-electron chi connectivity index (χ3n) is 6.04. The molecule has 3 heterocycles. The third-order valence-corrected chi connectivity index (χ3v) is 6.04. The van der Waals surface area contributed by atoms with E-state index in [0.717, 1.165) is 30.1 Å². The number of ether oxygens (including phenoxy) is 1. The summed E-state index contributed by atoms with van der Waals surface area (Å²) in [7, 11) is 3.42. The van der Waals surface area contributed by atoms with Crippen LogP contribution in [0.3, 0.4) is 0 Å². The molecule has 4 atom stereocenters. The smallest absolute Gasteiger partial charge is 0.328 e. The quantitative estimate of drug-likeness (QED) is 0.773. The van der Waals surface area contributed by atoms with Gasteiger partial charge >= 0.3 is 6.03 Å². The lowest BCUT2D eigenvalue weighted by molar-refractivity contribution is -0.138. The number of hydrogen-bond donors (Lipinski definition) is 1. The molecule has 3 amide bonds. The summed E-state index contributed by atoms with van der Waals surface area (Å²) < 4.78 is 5.63. The number of fused-ring (bicyclic) bond motifs is 3. The van der Waals surface area contributed by atoms with E-state index in [1.807, 2.05) is 12.1 Å². The van der Waals surface area contributed by atoms with Crippen LogP contribution in [-0.2, 0) is 4.79 Å². The molecule has 1 aromatic rings. The van der Waals surface area contributed by atoms with Crippen molar-refractivity contribution in [3.8, 4) is 5.75 Å². The fourth-order valence-corrected chi connectivity index (χ4v) is 4.72. The number of carbonyl (C=O) groups excluding carboxylic acids is 2. The standard InChI is InChI=1S/C21H29N5O3/c1-6-9-24-19(27)17-18(23(4)21(24)28)22-20-25(11-14(3)12-26(17)20)15-10-13(2)7-8-16(15)29-5/h6-8,10,14,17-18,20,22H,1,9,11-12H2,2-5H3. The first-order valence-corrected chi connectivity index (χ1v) is 9.99. The van der Waals surface area contributed by atoms with Crippen molar-refractivity contribution in [1.82, 2.24) is 20.0 Å². The molecular formula is C21H29N5O3. The van der Waals surface area contributed by atoms with Gasteiger partial charge in [-0.05, 0) is 30.5 Å². The normalized spacial score (nSPS) is 29.7. The lowest BCUT2D eigenvalue weighted by Gasteiger charge is -2.46. The number of anilines is 1. The summed E-state index contributed by atoms with van der Waals surface area (Å²) in [5.74, 6) is 0.976. The van der Waals surface area contributed by atoms with E-state index in [-0.39, 0.29) is 30.9 Å². The highest BCUT2D eigenvalue weighted by atomic mass is 16.5. The number of hydrogen-bond acceptors (Lipinski definition) is 6. The molecule has 3 aliphatic rings. The predicted molar refractivity (Wildman–Crippen MR) is 111 cm³/mol. The zero-order valence-electron chi connectivity index (χ0n) is 17.5. The number of amides is 3. The maximum atomic E-state index is 13.2. The Hall–Kier alpha value is -2.58. The van der Waals surface area contributed by atoms with Crippen molar-refractivity contribution in [2.45, 2.75) is 32.3 Å². The van der Waals surface area contributed by atoms with Gasteiger partial charge in [0.15, 0.2) is 0 Å². The van der Waals surface area contributed by atoms with Crippen LogP contribution in [0.4, 0.5) is 10.5 Å². The van der Waals surface area contributed by atoms with Crippen molar-refractivity contribution in [3.63, 3.8) is 0 Å². The van der Waals surface area contributed by atoms with Crippen molar-refractivity contribution in [1.29, 1.82) is 0 Å². The minimum atomic E-state index is -0.427. The predicted octanol–water partition coefficient (Wildman–Crippen LogP) is 1.42. The molecule has 4 rings (SSSR count). The number of rotatable bonds is 4. The van der Waals surface area contributed by atoms with Gasteiger partial charge in [-0.3, -0.25) is 19.9 Å². The first-order valence-electron chi connectivity index (χ1n) is 9.99. The zero-order valence-corrected chi connectivity index (χ0v) is 17.5. The molecule has 0 bridgehead atoms. The first-order chi connectivity index (χ1) is 13.9. The zero-order chi connectivity index (χ0) is 20.9. The summed E-state index contributed by atoms with van der Waals surface area (Å²) in [6.07, 6.45) is 1.02. The van der Waals surface area contributed by atoms with Gasteiger partial charge in [0.1, 0.15) is 24.2 Å². The fourth-order valence-electron chi connectivity index (χ4n) is 4.72. The average Bonchev–Trinajstić information content (AvgIpc) is 3.08. The third kappa shape index (κ3) is 3.07. The molecule has 0 aromatic heterocycles. The van der Waals surface area contributed by atoms with Gasteiger partial charge in [0, 0.05) is 26.7 Å². The molecule has 1 N–H and O–H groups in total. The van der Waals surface area contributed by atoms with E-state index in [9.17, 15) is 9.59 Å². The molecule has 0 aliphatic carbocycles. The van der Waals surface area contributed by atoms with Crippen LogP contribution in [0, 0.1) is 12.8 Å². The van der Waals surface area contributed by atoms with Crippen LogP contribution in [-0.4, -0.2) is 78.9 Å². The molecule has 0 radical (unpaired) electrons. The highest BCUT2D eigenvalue weighted by Gasteiger charge is 2.56. The largest absolute Gasteiger partial charge is 0.495 e. The number of nitrogens with zero attached hydrogens (tertiary/aromatic N) is 4. The molecule has 8 heteroatoms. The van der Waals surface area contributed by atoms with E-state index in [0.29, 0.717) is 5.92 Å². The van der Waals surface area contributed by atoms with Gasteiger partial charge in [0.2, 0.25) is 0 Å². The second kappa shape index (κ2) is 7.35. The molecular weight excluding hydrogens is 370 g/mol. The Morgan fingerprint density at radius 3 is 2.76 bits per heavy atom. The monoisotopic (exact) mass is 399 g/mol. The SMILES string of the molecule is C=CCN1C(=O)C2C(NC3N(c4cc(C)ccc4OC)CC(C)CN23)N(C)C1=O. The summed E-state index contributed by atoms with van der Waals surface area (Å²) in [5, 5.41) is 3.54. The number of imide groups is 1. The second-order valence-corrected chi connectivity index (χ2v) is 8.19. The highest BCUT2D eigenvalue weighted by molar-refractivity contribution is 6.00. The molecule has 156 valence electrons. The minimum Gasteiger partial charge on any atom is -0.495 e. The van der Waals surface area contributed by atoms with Crippen LogP contribution in [0.2, 0.25) is 0 Å². The summed E-state index contributed by atoms with van der Waals surface area (Å²) in [4.78, 5) is 33.3. The van der Waals surface area contributed by atoms with E-state index < -0.39 is 6.04 Å². The lowest BCUT2D eigenvalue weighted by atomic mass is 10.0. The van der Waals surface area contributed by atoms with E-state index in [1.165, 1.54) is 4.90 Å². The van der Waals surface area contributed by atoms with Crippen LogP contribution in [0.1, 0.15) is 12.5 Å². The Morgan fingerprint density at radius 2 is 2.07 bits per heavy atom. The van der Waals surface area contributed by atoms with Gasteiger partial charge in [-0.2, -0.15) is 0 Å². The van der Waals surface area contributed by atoms with E-state index in [1.54, 1.807) is 25.1 Å². The molecule has 3 saturated heterocycles. The number of benzene rings is 1.